The van der Waals surface area contributed by atoms with Crippen LogP contribution in [0.25, 0.3) is 16.0 Å². The fourth-order valence-corrected chi connectivity index (χ4v) is 4.41. The van der Waals surface area contributed by atoms with Gasteiger partial charge >= 0.3 is 0 Å². The Labute approximate surface area is 158 Å². The predicted molar refractivity (Wildman–Crippen MR) is 108 cm³/mol. The second kappa shape index (κ2) is 8.31. The molecule has 0 aliphatic carbocycles. The Balaban J connectivity index is 1.99. The number of aryl methyl sites for hydroxylation is 1. The fraction of sp³-hybridized carbons (Fsp3) is 0.632. The molecule has 0 fully saturated rings. The maximum atomic E-state index is 12.5. The largest absolute Gasteiger partial charge is 0.293 e. The summed E-state index contributed by atoms with van der Waals surface area (Å²) in [6, 6.07) is 2.51. The SMILES string of the molecule is CCCCCN(Cc1nnc2n(C)c(=O)c3sccc3n12)C(C)CCC. The molecular formula is C19H29N5OS. The number of fused-ring (bicyclic) bond motifs is 3. The zero-order chi connectivity index (χ0) is 18.7. The minimum Gasteiger partial charge on any atom is -0.293 e. The third kappa shape index (κ3) is 3.55. The van der Waals surface area contributed by atoms with Gasteiger partial charge in [0.2, 0.25) is 5.78 Å². The number of thiophene rings is 1. The Morgan fingerprint density at radius 1 is 1.23 bits per heavy atom. The van der Waals surface area contributed by atoms with Crippen LogP contribution >= 0.6 is 11.3 Å². The molecule has 0 radical (unpaired) electrons. The molecule has 0 aliphatic rings. The van der Waals surface area contributed by atoms with Crippen molar-refractivity contribution in [3.8, 4) is 0 Å². The quantitative estimate of drug-likeness (QED) is 0.534. The van der Waals surface area contributed by atoms with Crippen molar-refractivity contribution in [1.82, 2.24) is 24.1 Å². The lowest BCUT2D eigenvalue weighted by Gasteiger charge is -2.28. The van der Waals surface area contributed by atoms with Gasteiger partial charge < -0.3 is 0 Å². The summed E-state index contributed by atoms with van der Waals surface area (Å²) in [7, 11) is 1.77. The van der Waals surface area contributed by atoms with E-state index in [0.29, 0.717) is 11.8 Å². The molecule has 0 amide bonds. The van der Waals surface area contributed by atoms with Gasteiger partial charge in [-0.15, -0.1) is 21.5 Å². The molecule has 1 unspecified atom stereocenters. The molecule has 0 saturated carbocycles. The maximum absolute atomic E-state index is 12.5. The summed E-state index contributed by atoms with van der Waals surface area (Å²) in [6.45, 7) is 8.60. The van der Waals surface area contributed by atoms with Crippen LogP contribution in [0, 0.1) is 0 Å². The zero-order valence-electron chi connectivity index (χ0n) is 16.2. The molecule has 3 aromatic heterocycles. The average Bonchev–Trinajstić information content (AvgIpc) is 3.26. The van der Waals surface area contributed by atoms with Gasteiger partial charge in [0.05, 0.1) is 12.1 Å². The number of hydrogen-bond donors (Lipinski definition) is 0. The van der Waals surface area contributed by atoms with Crippen LogP contribution in [0.3, 0.4) is 0 Å². The molecule has 3 heterocycles. The van der Waals surface area contributed by atoms with Crippen molar-refractivity contribution in [2.75, 3.05) is 6.54 Å². The van der Waals surface area contributed by atoms with E-state index in [0.717, 1.165) is 29.1 Å². The van der Waals surface area contributed by atoms with Crippen molar-refractivity contribution in [3.63, 3.8) is 0 Å². The summed E-state index contributed by atoms with van der Waals surface area (Å²) < 4.78 is 4.42. The van der Waals surface area contributed by atoms with Crippen LogP contribution in [-0.4, -0.2) is 36.7 Å². The van der Waals surface area contributed by atoms with E-state index in [-0.39, 0.29) is 5.56 Å². The molecule has 7 heteroatoms. The molecule has 0 spiro atoms. The van der Waals surface area contributed by atoms with Gasteiger partial charge in [-0.05, 0) is 37.8 Å². The van der Waals surface area contributed by atoms with Crippen molar-refractivity contribution < 1.29 is 0 Å². The average molecular weight is 376 g/mol. The number of rotatable bonds is 9. The molecule has 3 aromatic rings. The predicted octanol–water partition coefficient (Wildman–Crippen LogP) is 3.82. The van der Waals surface area contributed by atoms with Crippen molar-refractivity contribution in [2.45, 2.75) is 65.5 Å². The van der Waals surface area contributed by atoms with Gasteiger partial charge in [0.1, 0.15) is 4.70 Å². The van der Waals surface area contributed by atoms with E-state index in [1.807, 2.05) is 11.4 Å². The first-order valence-electron chi connectivity index (χ1n) is 9.62. The highest BCUT2D eigenvalue weighted by Crippen LogP contribution is 2.21. The van der Waals surface area contributed by atoms with E-state index < -0.39 is 0 Å². The first-order chi connectivity index (χ1) is 12.6. The molecule has 0 N–H and O–H groups in total. The van der Waals surface area contributed by atoms with E-state index in [9.17, 15) is 4.79 Å². The van der Waals surface area contributed by atoms with Crippen LogP contribution in [0.5, 0.6) is 0 Å². The smallest absolute Gasteiger partial charge is 0.272 e. The third-order valence-corrected chi connectivity index (χ3v) is 6.01. The Morgan fingerprint density at radius 3 is 2.77 bits per heavy atom. The molecule has 26 heavy (non-hydrogen) atoms. The van der Waals surface area contributed by atoms with E-state index in [4.69, 9.17) is 0 Å². The van der Waals surface area contributed by atoms with Gasteiger partial charge in [-0.3, -0.25) is 18.7 Å². The summed E-state index contributed by atoms with van der Waals surface area (Å²) in [5, 5.41) is 10.7. The van der Waals surface area contributed by atoms with Gasteiger partial charge in [0.15, 0.2) is 5.82 Å². The van der Waals surface area contributed by atoms with Crippen LogP contribution in [0.4, 0.5) is 0 Å². The topological polar surface area (TPSA) is 55.4 Å². The molecule has 0 aromatic carbocycles. The van der Waals surface area contributed by atoms with E-state index in [2.05, 4.69) is 40.3 Å². The van der Waals surface area contributed by atoms with Gasteiger partial charge in [-0.1, -0.05) is 33.1 Å². The summed E-state index contributed by atoms with van der Waals surface area (Å²) in [5.41, 5.74) is 0.922. The van der Waals surface area contributed by atoms with Gasteiger partial charge in [0, 0.05) is 13.1 Å². The lowest BCUT2D eigenvalue weighted by molar-refractivity contribution is 0.181. The lowest BCUT2D eigenvalue weighted by atomic mass is 10.1. The molecular weight excluding hydrogens is 346 g/mol. The molecule has 6 nitrogen and oxygen atoms in total. The zero-order valence-corrected chi connectivity index (χ0v) is 17.1. The lowest BCUT2D eigenvalue weighted by Crippen LogP contribution is -2.34. The minimum atomic E-state index is 0.000558. The van der Waals surface area contributed by atoms with Crippen molar-refractivity contribution in [2.24, 2.45) is 7.05 Å². The Kier molecular flexibility index (Phi) is 6.09. The van der Waals surface area contributed by atoms with E-state index >= 15 is 0 Å². The first-order valence-corrected chi connectivity index (χ1v) is 10.5. The van der Waals surface area contributed by atoms with Crippen LogP contribution in [0.15, 0.2) is 16.2 Å². The van der Waals surface area contributed by atoms with Gasteiger partial charge in [0.25, 0.3) is 5.56 Å². The first kappa shape index (κ1) is 19.0. The highest BCUT2D eigenvalue weighted by Gasteiger charge is 2.20. The van der Waals surface area contributed by atoms with Crippen molar-refractivity contribution in [1.29, 1.82) is 0 Å². The number of hydrogen-bond acceptors (Lipinski definition) is 5. The molecule has 0 bridgehead atoms. The fourth-order valence-electron chi connectivity index (χ4n) is 3.56. The molecule has 142 valence electrons. The minimum absolute atomic E-state index is 0.000558. The second-order valence-electron chi connectivity index (χ2n) is 7.07. The maximum Gasteiger partial charge on any atom is 0.272 e. The molecule has 1 atom stereocenters. The van der Waals surface area contributed by atoms with Crippen LogP contribution in [0.1, 0.15) is 58.7 Å². The Bertz CT molecular complexity index is 925. The molecule has 0 aliphatic heterocycles. The number of unbranched alkanes of at least 4 members (excludes halogenated alkanes) is 2. The van der Waals surface area contributed by atoms with Gasteiger partial charge in [-0.25, -0.2) is 0 Å². The summed E-state index contributed by atoms with van der Waals surface area (Å²) in [4.78, 5) is 15.0. The van der Waals surface area contributed by atoms with E-state index in [1.54, 1.807) is 11.6 Å². The summed E-state index contributed by atoms with van der Waals surface area (Å²) in [6.07, 6.45) is 6.03. The third-order valence-electron chi connectivity index (χ3n) is 5.12. The Hall–Kier alpha value is -1.73. The monoisotopic (exact) mass is 375 g/mol. The van der Waals surface area contributed by atoms with Crippen LogP contribution in [0.2, 0.25) is 0 Å². The van der Waals surface area contributed by atoms with Crippen LogP contribution in [-0.2, 0) is 13.6 Å². The molecule has 0 saturated heterocycles. The second-order valence-corrected chi connectivity index (χ2v) is 7.98. The summed E-state index contributed by atoms with van der Waals surface area (Å²) >= 11 is 1.48. The summed E-state index contributed by atoms with van der Waals surface area (Å²) in [5.74, 6) is 1.53. The number of aromatic nitrogens is 4. The molecule has 3 rings (SSSR count). The highest BCUT2D eigenvalue weighted by atomic mass is 32.1. The normalized spacial score (nSPS) is 13.3. The van der Waals surface area contributed by atoms with E-state index in [1.165, 1.54) is 43.4 Å². The standard InChI is InChI=1S/C19H29N5OS/c1-5-7-8-11-23(14(3)9-6-2)13-16-20-21-19-22(4)18(25)17-15(24(16)19)10-12-26-17/h10,12,14H,5-9,11,13H2,1-4H3. The van der Waals surface area contributed by atoms with Crippen molar-refractivity contribution in [3.05, 3.63) is 27.6 Å². The van der Waals surface area contributed by atoms with Crippen molar-refractivity contribution >= 4 is 27.3 Å². The number of nitrogens with zero attached hydrogens (tertiary/aromatic N) is 5. The van der Waals surface area contributed by atoms with Gasteiger partial charge in [-0.2, -0.15) is 0 Å². The highest BCUT2D eigenvalue weighted by molar-refractivity contribution is 7.17. The van der Waals surface area contributed by atoms with Crippen LogP contribution < -0.4 is 5.56 Å². The Morgan fingerprint density at radius 2 is 2.04 bits per heavy atom.